The normalized spacial score (nSPS) is 16.1. The van der Waals surface area contributed by atoms with E-state index in [1.54, 1.807) is 18.2 Å². The predicted octanol–water partition coefficient (Wildman–Crippen LogP) is 3.80. The molecule has 2 aromatic rings. The van der Waals surface area contributed by atoms with Gasteiger partial charge in [-0.15, -0.1) is 0 Å². The van der Waals surface area contributed by atoms with Crippen molar-refractivity contribution in [3.05, 3.63) is 58.6 Å². The molecule has 1 aliphatic heterocycles. The van der Waals surface area contributed by atoms with Crippen molar-refractivity contribution in [1.29, 1.82) is 5.26 Å². The number of ether oxygens (including phenoxy) is 1. The lowest BCUT2D eigenvalue weighted by Gasteiger charge is -2.13. The number of fused-ring (bicyclic) bond motifs is 1. The van der Waals surface area contributed by atoms with Crippen molar-refractivity contribution >= 4 is 17.3 Å². The summed E-state index contributed by atoms with van der Waals surface area (Å²) in [5.41, 5.74) is 2.60. The van der Waals surface area contributed by atoms with Gasteiger partial charge in [0.1, 0.15) is 5.75 Å². The van der Waals surface area contributed by atoms with Gasteiger partial charge in [-0.2, -0.15) is 5.26 Å². The Kier molecular flexibility index (Phi) is 3.49. The van der Waals surface area contributed by atoms with Gasteiger partial charge in [0.05, 0.1) is 28.9 Å². The van der Waals surface area contributed by atoms with Gasteiger partial charge in [-0.1, -0.05) is 29.8 Å². The van der Waals surface area contributed by atoms with Crippen molar-refractivity contribution in [2.24, 2.45) is 0 Å². The Bertz CT molecular complexity index is 678. The number of nitrogens with zero attached hydrogens (tertiary/aromatic N) is 1. The molecule has 3 nitrogen and oxygen atoms in total. The van der Waals surface area contributed by atoms with E-state index in [0.717, 1.165) is 18.0 Å². The zero-order valence-corrected chi connectivity index (χ0v) is 11.5. The lowest BCUT2D eigenvalue weighted by Crippen LogP contribution is -2.14. The van der Waals surface area contributed by atoms with Crippen LogP contribution in [0.1, 0.15) is 17.0 Å². The Morgan fingerprint density at radius 3 is 3.00 bits per heavy atom. The second kappa shape index (κ2) is 5.44. The molecule has 0 fully saturated rings. The number of benzene rings is 2. The summed E-state index contributed by atoms with van der Waals surface area (Å²) < 4.78 is 5.65. The third kappa shape index (κ3) is 2.43. The molecule has 0 radical (unpaired) electrons. The molecule has 20 heavy (non-hydrogen) atoms. The van der Waals surface area contributed by atoms with Gasteiger partial charge >= 0.3 is 0 Å². The van der Waals surface area contributed by atoms with Crippen LogP contribution in [0.4, 0.5) is 5.69 Å². The molecule has 1 aliphatic rings. The summed E-state index contributed by atoms with van der Waals surface area (Å²) in [7, 11) is 0. The fourth-order valence-corrected chi connectivity index (χ4v) is 2.55. The summed E-state index contributed by atoms with van der Waals surface area (Å²) in [6.07, 6.45) is 0. The maximum absolute atomic E-state index is 8.92. The van der Waals surface area contributed by atoms with Crippen LogP contribution >= 0.6 is 11.6 Å². The van der Waals surface area contributed by atoms with Crippen LogP contribution in [0.3, 0.4) is 0 Å². The number of hydrogen-bond acceptors (Lipinski definition) is 3. The lowest BCUT2D eigenvalue weighted by atomic mass is 10.0. The van der Waals surface area contributed by atoms with Gasteiger partial charge in [-0.3, -0.25) is 0 Å². The van der Waals surface area contributed by atoms with Gasteiger partial charge in [0, 0.05) is 18.0 Å². The maximum Gasteiger partial charge on any atom is 0.122 e. The minimum Gasteiger partial charge on any atom is -0.493 e. The van der Waals surface area contributed by atoms with Crippen molar-refractivity contribution in [3.8, 4) is 11.8 Å². The Labute approximate surface area is 122 Å². The fraction of sp³-hybridized carbons (Fsp3) is 0.188. The lowest BCUT2D eigenvalue weighted by molar-refractivity contribution is 0.334. The maximum atomic E-state index is 8.92. The van der Waals surface area contributed by atoms with E-state index in [4.69, 9.17) is 21.6 Å². The highest BCUT2D eigenvalue weighted by Crippen LogP contribution is 2.34. The minimum atomic E-state index is 0.299. The molecular weight excluding hydrogens is 272 g/mol. The number of nitrogens with one attached hydrogen (secondary N) is 1. The van der Waals surface area contributed by atoms with Crippen LogP contribution in [0.5, 0.6) is 5.75 Å². The molecule has 1 unspecified atom stereocenters. The van der Waals surface area contributed by atoms with Crippen LogP contribution < -0.4 is 10.1 Å². The molecule has 0 aromatic heterocycles. The summed E-state index contributed by atoms with van der Waals surface area (Å²) in [6, 6.07) is 15.4. The molecule has 0 saturated carbocycles. The van der Waals surface area contributed by atoms with E-state index in [9.17, 15) is 0 Å². The van der Waals surface area contributed by atoms with Crippen molar-refractivity contribution in [1.82, 2.24) is 0 Å². The van der Waals surface area contributed by atoms with E-state index in [2.05, 4.69) is 17.5 Å². The third-order valence-electron chi connectivity index (χ3n) is 3.43. The van der Waals surface area contributed by atoms with E-state index in [-0.39, 0.29) is 0 Å². The molecule has 1 heterocycles. The highest BCUT2D eigenvalue weighted by Gasteiger charge is 2.23. The molecule has 0 spiro atoms. The number of rotatable bonds is 3. The number of halogens is 1. The second-order valence-electron chi connectivity index (χ2n) is 4.73. The molecule has 4 heteroatoms. The van der Waals surface area contributed by atoms with Crippen LogP contribution in [0.2, 0.25) is 5.02 Å². The van der Waals surface area contributed by atoms with Crippen molar-refractivity contribution < 1.29 is 4.74 Å². The molecule has 100 valence electrons. The predicted molar refractivity (Wildman–Crippen MR) is 79.3 cm³/mol. The first kappa shape index (κ1) is 12.8. The highest BCUT2D eigenvalue weighted by atomic mass is 35.5. The first-order chi connectivity index (χ1) is 9.78. The molecular formula is C16H13ClN2O. The molecule has 1 N–H and O–H groups in total. The van der Waals surface area contributed by atoms with E-state index in [1.807, 2.05) is 18.2 Å². The standard InChI is InChI=1S/C16H13ClN2O/c17-14-6-5-11(8-18)7-15(14)19-9-12-10-20-16-4-2-1-3-13(12)16/h1-7,12,19H,9-10H2. The van der Waals surface area contributed by atoms with Crippen molar-refractivity contribution in [3.63, 3.8) is 0 Å². The molecule has 3 rings (SSSR count). The molecule has 2 aromatic carbocycles. The monoisotopic (exact) mass is 284 g/mol. The summed E-state index contributed by atoms with van der Waals surface area (Å²) in [4.78, 5) is 0. The van der Waals surface area contributed by atoms with E-state index in [0.29, 0.717) is 23.1 Å². The molecule has 0 aliphatic carbocycles. The van der Waals surface area contributed by atoms with Crippen molar-refractivity contribution in [2.45, 2.75) is 5.92 Å². The average Bonchev–Trinajstić information content (AvgIpc) is 2.90. The van der Waals surface area contributed by atoms with Gasteiger partial charge in [-0.25, -0.2) is 0 Å². The summed E-state index contributed by atoms with van der Waals surface area (Å²) in [5, 5.41) is 12.9. The van der Waals surface area contributed by atoms with Crippen LogP contribution in [-0.4, -0.2) is 13.2 Å². The quantitative estimate of drug-likeness (QED) is 0.932. The molecule has 0 saturated heterocycles. The fourth-order valence-electron chi connectivity index (χ4n) is 2.36. The number of nitriles is 1. The van der Waals surface area contributed by atoms with Crippen LogP contribution in [-0.2, 0) is 0 Å². The molecule has 0 bridgehead atoms. The number of anilines is 1. The van der Waals surface area contributed by atoms with Gasteiger partial charge in [0.15, 0.2) is 0 Å². The largest absolute Gasteiger partial charge is 0.493 e. The van der Waals surface area contributed by atoms with Gasteiger partial charge in [0.2, 0.25) is 0 Å². The summed E-state index contributed by atoms with van der Waals surface area (Å²) in [6.45, 7) is 1.40. The zero-order valence-electron chi connectivity index (χ0n) is 10.8. The first-order valence-corrected chi connectivity index (χ1v) is 6.81. The van der Waals surface area contributed by atoms with Gasteiger partial charge < -0.3 is 10.1 Å². The smallest absolute Gasteiger partial charge is 0.122 e. The topological polar surface area (TPSA) is 45.0 Å². The van der Waals surface area contributed by atoms with Gasteiger partial charge in [-0.05, 0) is 24.3 Å². The Morgan fingerprint density at radius 2 is 2.15 bits per heavy atom. The van der Waals surface area contributed by atoms with Crippen LogP contribution in [0, 0.1) is 11.3 Å². The highest BCUT2D eigenvalue weighted by molar-refractivity contribution is 6.33. The zero-order chi connectivity index (χ0) is 13.9. The van der Waals surface area contributed by atoms with Crippen molar-refractivity contribution in [2.75, 3.05) is 18.5 Å². The van der Waals surface area contributed by atoms with E-state index >= 15 is 0 Å². The Balaban J connectivity index is 1.74. The average molecular weight is 285 g/mol. The number of hydrogen-bond donors (Lipinski definition) is 1. The van der Waals surface area contributed by atoms with Crippen LogP contribution in [0.25, 0.3) is 0 Å². The van der Waals surface area contributed by atoms with Crippen LogP contribution in [0.15, 0.2) is 42.5 Å². The first-order valence-electron chi connectivity index (χ1n) is 6.43. The Hall–Kier alpha value is -2.18. The third-order valence-corrected chi connectivity index (χ3v) is 3.76. The SMILES string of the molecule is N#Cc1ccc(Cl)c(NCC2COc3ccccc32)c1. The summed E-state index contributed by atoms with van der Waals surface area (Å²) in [5.74, 6) is 1.25. The second-order valence-corrected chi connectivity index (χ2v) is 5.14. The minimum absolute atomic E-state index is 0.299. The van der Waals surface area contributed by atoms with Gasteiger partial charge in [0.25, 0.3) is 0 Å². The number of para-hydroxylation sites is 1. The molecule has 0 amide bonds. The summed E-state index contributed by atoms with van der Waals surface area (Å²) >= 11 is 6.14. The van der Waals surface area contributed by atoms with E-state index in [1.165, 1.54) is 5.56 Å². The molecule has 1 atom stereocenters. The van der Waals surface area contributed by atoms with E-state index < -0.39 is 0 Å². The Morgan fingerprint density at radius 1 is 1.30 bits per heavy atom.